The number of piperidine rings is 1. The summed E-state index contributed by atoms with van der Waals surface area (Å²) in [5.74, 6) is 0.412. The first kappa shape index (κ1) is 18.7. The Hall–Kier alpha value is -2.08. The van der Waals surface area contributed by atoms with Gasteiger partial charge in [0.1, 0.15) is 24.1 Å². The van der Waals surface area contributed by atoms with E-state index in [-0.39, 0.29) is 12.5 Å². The molecule has 0 amide bonds. The van der Waals surface area contributed by atoms with Gasteiger partial charge in [0.25, 0.3) is 0 Å². The second-order valence-corrected chi connectivity index (χ2v) is 7.22. The van der Waals surface area contributed by atoms with Crippen molar-refractivity contribution < 1.29 is 19.0 Å². The molecule has 0 radical (unpaired) electrons. The summed E-state index contributed by atoms with van der Waals surface area (Å²) in [6.45, 7) is 7.18. The van der Waals surface area contributed by atoms with Gasteiger partial charge in [-0.25, -0.2) is 13.9 Å². The van der Waals surface area contributed by atoms with Crippen LogP contribution in [0.15, 0.2) is 24.3 Å². The van der Waals surface area contributed by atoms with Gasteiger partial charge in [-0.3, -0.25) is 5.73 Å². The van der Waals surface area contributed by atoms with Gasteiger partial charge in [0.05, 0.1) is 19.7 Å². The standard InChI is InChI=1S/C20H30N4O2/c1-2-3-15-26-19(25)16-24-18-10-6-5-9-17(18)23(20(24)21)14-13-22-11-7-4-8-12-22/h5-6,9-10,21H,2-4,7-8,11-16H2,1H3/p+2. The quantitative estimate of drug-likeness (QED) is 0.418. The van der Waals surface area contributed by atoms with E-state index in [9.17, 15) is 4.79 Å². The smallest absolute Gasteiger partial charge is 0.356 e. The summed E-state index contributed by atoms with van der Waals surface area (Å²) >= 11 is 0. The normalized spacial score (nSPS) is 15.4. The number of hydrogen-bond acceptors (Lipinski definition) is 3. The molecule has 1 aliphatic heterocycles. The third-order valence-electron chi connectivity index (χ3n) is 5.31. The number of aromatic nitrogens is 2. The molecule has 0 spiro atoms. The molecule has 6 nitrogen and oxygen atoms in total. The van der Waals surface area contributed by atoms with Gasteiger partial charge >= 0.3 is 11.9 Å². The number of anilines is 1. The lowest BCUT2D eigenvalue weighted by molar-refractivity contribution is -0.905. The number of nitrogens with two attached hydrogens (primary N) is 1. The van der Waals surface area contributed by atoms with Gasteiger partial charge in [-0.2, -0.15) is 0 Å². The van der Waals surface area contributed by atoms with Gasteiger partial charge in [0.15, 0.2) is 6.54 Å². The van der Waals surface area contributed by atoms with E-state index in [0.717, 1.165) is 37.0 Å². The van der Waals surface area contributed by atoms with E-state index in [1.54, 1.807) is 4.90 Å². The minimum atomic E-state index is -0.222. The third kappa shape index (κ3) is 4.36. The van der Waals surface area contributed by atoms with Crippen molar-refractivity contribution in [2.24, 2.45) is 0 Å². The van der Waals surface area contributed by atoms with Crippen molar-refractivity contribution >= 4 is 23.0 Å². The Morgan fingerprint density at radius 3 is 2.81 bits per heavy atom. The lowest BCUT2D eigenvalue weighted by Crippen LogP contribution is -3.13. The number of carbonyl (C=O) groups is 1. The zero-order valence-corrected chi connectivity index (χ0v) is 15.9. The molecule has 6 heteroatoms. The van der Waals surface area contributed by atoms with Crippen molar-refractivity contribution in [1.82, 2.24) is 4.57 Å². The summed E-state index contributed by atoms with van der Waals surface area (Å²) in [5.41, 5.74) is 8.52. The molecule has 1 aromatic heterocycles. The van der Waals surface area contributed by atoms with Crippen LogP contribution in [-0.4, -0.2) is 36.8 Å². The number of para-hydroxylation sites is 2. The van der Waals surface area contributed by atoms with Crippen LogP contribution in [0.1, 0.15) is 39.0 Å². The number of unbranched alkanes of at least 4 members (excludes halogenated alkanes) is 1. The first-order chi connectivity index (χ1) is 12.7. The van der Waals surface area contributed by atoms with E-state index in [2.05, 4.69) is 17.6 Å². The highest BCUT2D eigenvalue weighted by molar-refractivity contribution is 5.75. The van der Waals surface area contributed by atoms with Crippen LogP contribution in [0.25, 0.3) is 11.0 Å². The Bertz CT molecular complexity index is 735. The second kappa shape index (κ2) is 9.03. The summed E-state index contributed by atoms with van der Waals surface area (Å²) < 4.78 is 9.36. The zero-order valence-electron chi connectivity index (χ0n) is 15.9. The van der Waals surface area contributed by atoms with Crippen molar-refractivity contribution in [3.05, 3.63) is 24.3 Å². The Labute approximate surface area is 155 Å². The average Bonchev–Trinajstić information content (AvgIpc) is 2.93. The molecule has 3 rings (SSSR count). The lowest BCUT2D eigenvalue weighted by Gasteiger charge is -2.22. The third-order valence-corrected chi connectivity index (χ3v) is 5.31. The van der Waals surface area contributed by atoms with Crippen LogP contribution in [0.4, 0.5) is 5.95 Å². The van der Waals surface area contributed by atoms with Gasteiger partial charge in [-0.05, 0) is 37.8 Å². The van der Waals surface area contributed by atoms with Crippen molar-refractivity contribution in [3.63, 3.8) is 0 Å². The van der Waals surface area contributed by atoms with E-state index in [1.807, 2.05) is 22.8 Å². The molecule has 0 unspecified atom stereocenters. The van der Waals surface area contributed by atoms with Crippen LogP contribution in [-0.2, 0) is 22.6 Å². The average molecular weight is 361 g/mol. The molecular formula is C20H32N4O2+2. The number of likely N-dealkylation sites (tertiary alicyclic amines) is 1. The Balaban J connectivity index is 1.76. The Morgan fingerprint density at radius 1 is 1.27 bits per heavy atom. The number of nitrogens with one attached hydrogen (secondary N) is 1. The highest BCUT2D eigenvalue weighted by atomic mass is 16.5. The van der Waals surface area contributed by atoms with E-state index in [4.69, 9.17) is 10.5 Å². The monoisotopic (exact) mass is 360 g/mol. The number of hydrogen-bond donors (Lipinski definition) is 2. The van der Waals surface area contributed by atoms with E-state index >= 15 is 0 Å². The molecule has 3 N–H and O–H groups in total. The number of esters is 1. The number of benzene rings is 1. The topological polar surface area (TPSA) is 65.6 Å². The molecule has 1 aliphatic rings. The number of nitrogens with zero attached hydrogens (tertiary/aromatic N) is 2. The van der Waals surface area contributed by atoms with Crippen molar-refractivity contribution in [3.8, 4) is 0 Å². The van der Waals surface area contributed by atoms with Gasteiger partial charge in [0, 0.05) is 0 Å². The van der Waals surface area contributed by atoms with Crippen molar-refractivity contribution in [1.29, 1.82) is 0 Å². The van der Waals surface area contributed by atoms with E-state index in [0.29, 0.717) is 12.6 Å². The molecule has 0 saturated carbocycles. The minimum absolute atomic E-state index is 0.166. The number of imidazole rings is 1. The minimum Gasteiger partial charge on any atom is -0.463 e. The maximum absolute atomic E-state index is 12.2. The molecule has 26 heavy (non-hydrogen) atoms. The SMILES string of the molecule is CCCCOC(=O)C[n+]1c(N)n(CC[NH+]2CCCCC2)c2ccccc21. The summed E-state index contributed by atoms with van der Waals surface area (Å²) in [7, 11) is 0. The summed E-state index contributed by atoms with van der Waals surface area (Å²) in [4.78, 5) is 13.8. The molecule has 0 bridgehead atoms. The molecule has 1 saturated heterocycles. The number of fused-ring (bicyclic) bond motifs is 1. The largest absolute Gasteiger partial charge is 0.463 e. The maximum atomic E-state index is 12.2. The molecule has 1 fully saturated rings. The van der Waals surface area contributed by atoms with Crippen LogP contribution in [0.2, 0.25) is 0 Å². The highest BCUT2D eigenvalue weighted by Crippen LogP contribution is 2.15. The number of quaternary nitrogens is 1. The fourth-order valence-corrected chi connectivity index (χ4v) is 3.79. The van der Waals surface area contributed by atoms with Crippen LogP contribution in [0, 0.1) is 0 Å². The van der Waals surface area contributed by atoms with E-state index in [1.165, 1.54) is 32.4 Å². The second-order valence-electron chi connectivity index (χ2n) is 7.22. The van der Waals surface area contributed by atoms with Gasteiger partial charge in [0.2, 0.25) is 0 Å². The molecule has 0 atom stereocenters. The first-order valence-electron chi connectivity index (χ1n) is 9.96. The van der Waals surface area contributed by atoms with Crippen LogP contribution in [0.5, 0.6) is 0 Å². The Morgan fingerprint density at radius 2 is 2.04 bits per heavy atom. The predicted octanol–water partition coefficient (Wildman–Crippen LogP) is 0.923. The number of carbonyl (C=O) groups excluding carboxylic acids is 1. The summed E-state index contributed by atoms with van der Waals surface area (Å²) in [6.07, 6.45) is 5.91. The van der Waals surface area contributed by atoms with E-state index < -0.39 is 0 Å². The van der Waals surface area contributed by atoms with Gasteiger partial charge in [-0.1, -0.05) is 25.5 Å². The summed E-state index contributed by atoms with van der Waals surface area (Å²) in [5, 5.41) is 0. The Kier molecular flexibility index (Phi) is 6.50. The molecule has 0 aliphatic carbocycles. The molecule has 1 aromatic carbocycles. The first-order valence-corrected chi connectivity index (χ1v) is 9.96. The van der Waals surface area contributed by atoms with Gasteiger partial charge < -0.3 is 9.64 Å². The molecule has 2 aromatic rings. The fourth-order valence-electron chi connectivity index (χ4n) is 3.79. The van der Waals surface area contributed by atoms with Gasteiger partial charge in [-0.15, -0.1) is 0 Å². The number of nitrogen functional groups attached to an aromatic ring is 1. The van der Waals surface area contributed by atoms with Crippen LogP contribution < -0.4 is 15.2 Å². The fraction of sp³-hybridized carbons (Fsp3) is 0.600. The van der Waals surface area contributed by atoms with Crippen LogP contribution in [0.3, 0.4) is 0 Å². The maximum Gasteiger partial charge on any atom is 0.356 e. The summed E-state index contributed by atoms with van der Waals surface area (Å²) in [6, 6.07) is 8.11. The predicted molar refractivity (Wildman–Crippen MR) is 102 cm³/mol. The lowest BCUT2D eigenvalue weighted by atomic mass is 10.1. The van der Waals surface area contributed by atoms with Crippen molar-refractivity contribution in [2.75, 3.05) is 32.0 Å². The van der Waals surface area contributed by atoms with Crippen LogP contribution >= 0.6 is 0 Å². The molecule has 142 valence electrons. The number of ether oxygens (including phenoxy) is 1. The molecule has 2 heterocycles. The zero-order chi connectivity index (χ0) is 18.4. The highest BCUT2D eigenvalue weighted by Gasteiger charge is 2.24. The molecular weight excluding hydrogens is 328 g/mol. The van der Waals surface area contributed by atoms with Crippen molar-refractivity contribution in [2.45, 2.75) is 52.1 Å². The number of rotatable bonds is 8.